The topological polar surface area (TPSA) is 49.9 Å². The summed E-state index contributed by atoms with van der Waals surface area (Å²) in [7, 11) is 0. The SMILES string of the molecule is Oc1c(N=Nc2c(Cl)cc(Cl)cc2Cl)c2ccccc2n1-c1ccccc1. The number of fused-ring (bicyclic) bond motifs is 1. The van der Waals surface area contributed by atoms with E-state index in [0.29, 0.717) is 16.4 Å². The van der Waals surface area contributed by atoms with Crippen molar-refractivity contribution in [2.24, 2.45) is 10.2 Å². The van der Waals surface area contributed by atoms with Crippen LogP contribution in [-0.4, -0.2) is 9.67 Å². The lowest BCUT2D eigenvalue weighted by atomic mass is 10.2. The summed E-state index contributed by atoms with van der Waals surface area (Å²) in [4.78, 5) is 0. The van der Waals surface area contributed by atoms with E-state index in [1.165, 1.54) is 12.1 Å². The Labute approximate surface area is 170 Å². The molecule has 134 valence electrons. The minimum atomic E-state index is -0.0210. The van der Waals surface area contributed by atoms with Gasteiger partial charge in [0.2, 0.25) is 5.88 Å². The highest BCUT2D eigenvalue weighted by Gasteiger charge is 2.18. The Kier molecular flexibility index (Phi) is 4.79. The van der Waals surface area contributed by atoms with E-state index in [1.807, 2.05) is 54.6 Å². The molecule has 4 rings (SSSR count). The van der Waals surface area contributed by atoms with Crippen LogP contribution in [-0.2, 0) is 0 Å². The Balaban J connectivity index is 1.90. The fourth-order valence-electron chi connectivity index (χ4n) is 2.88. The molecule has 0 aliphatic rings. The first-order valence-electron chi connectivity index (χ1n) is 8.00. The van der Waals surface area contributed by atoms with Gasteiger partial charge < -0.3 is 5.11 Å². The minimum absolute atomic E-state index is 0.0210. The lowest BCUT2D eigenvalue weighted by Crippen LogP contribution is -1.91. The van der Waals surface area contributed by atoms with Gasteiger partial charge in [0.15, 0.2) is 5.69 Å². The van der Waals surface area contributed by atoms with Crippen molar-refractivity contribution in [1.82, 2.24) is 4.57 Å². The lowest BCUT2D eigenvalue weighted by molar-refractivity contribution is 0.446. The van der Waals surface area contributed by atoms with Crippen LogP contribution in [0.1, 0.15) is 0 Å². The minimum Gasteiger partial charge on any atom is -0.493 e. The second kappa shape index (κ2) is 7.24. The molecule has 1 aromatic heterocycles. The molecule has 1 heterocycles. The normalized spacial score (nSPS) is 11.5. The first kappa shape index (κ1) is 17.9. The molecule has 4 aromatic rings. The number of para-hydroxylation sites is 2. The molecule has 3 aromatic carbocycles. The molecule has 0 unspecified atom stereocenters. The third-order valence-electron chi connectivity index (χ3n) is 4.07. The average Bonchev–Trinajstić information content (AvgIpc) is 2.93. The smallest absolute Gasteiger partial charge is 0.225 e. The van der Waals surface area contributed by atoms with Gasteiger partial charge in [-0.3, -0.25) is 4.57 Å². The predicted molar refractivity (Wildman–Crippen MR) is 111 cm³/mol. The van der Waals surface area contributed by atoms with E-state index in [2.05, 4.69) is 10.2 Å². The molecule has 0 radical (unpaired) electrons. The number of nitrogens with zero attached hydrogens (tertiary/aromatic N) is 3. The van der Waals surface area contributed by atoms with Crippen LogP contribution in [0.4, 0.5) is 11.4 Å². The van der Waals surface area contributed by atoms with Crippen LogP contribution < -0.4 is 0 Å². The third-order valence-corrected chi connectivity index (χ3v) is 4.86. The van der Waals surface area contributed by atoms with E-state index < -0.39 is 0 Å². The second-order valence-corrected chi connectivity index (χ2v) is 7.03. The highest BCUT2D eigenvalue weighted by Crippen LogP contribution is 2.43. The molecule has 0 fully saturated rings. The van der Waals surface area contributed by atoms with Gasteiger partial charge in [-0.15, -0.1) is 10.2 Å². The maximum Gasteiger partial charge on any atom is 0.225 e. The van der Waals surface area contributed by atoms with Crippen LogP contribution in [0.3, 0.4) is 0 Å². The Morgan fingerprint density at radius 1 is 0.741 bits per heavy atom. The molecule has 0 saturated carbocycles. The number of azo groups is 1. The number of aromatic nitrogens is 1. The van der Waals surface area contributed by atoms with Crippen LogP contribution in [0.5, 0.6) is 5.88 Å². The summed E-state index contributed by atoms with van der Waals surface area (Å²) in [5.41, 5.74) is 2.24. The zero-order chi connectivity index (χ0) is 19.0. The van der Waals surface area contributed by atoms with Crippen molar-refractivity contribution >= 4 is 57.1 Å². The largest absolute Gasteiger partial charge is 0.493 e. The number of rotatable bonds is 3. The van der Waals surface area contributed by atoms with Gasteiger partial charge >= 0.3 is 0 Å². The molecule has 0 atom stereocenters. The fourth-order valence-corrected chi connectivity index (χ4v) is 3.77. The van der Waals surface area contributed by atoms with Crippen LogP contribution in [0, 0.1) is 0 Å². The second-order valence-electron chi connectivity index (χ2n) is 5.78. The van der Waals surface area contributed by atoms with Crippen molar-refractivity contribution in [3.63, 3.8) is 0 Å². The molecular formula is C20H12Cl3N3O. The summed E-state index contributed by atoms with van der Waals surface area (Å²) in [6.07, 6.45) is 0. The Bertz CT molecular complexity index is 1150. The van der Waals surface area contributed by atoms with E-state index in [4.69, 9.17) is 34.8 Å². The van der Waals surface area contributed by atoms with Crippen LogP contribution in [0.25, 0.3) is 16.6 Å². The Hall–Kier alpha value is -2.53. The molecule has 0 bridgehead atoms. The van der Waals surface area contributed by atoms with E-state index in [0.717, 1.165) is 16.6 Å². The van der Waals surface area contributed by atoms with Crippen molar-refractivity contribution in [3.05, 3.63) is 81.8 Å². The third kappa shape index (κ3) is 3.28. The van der Waals surface area contributed by atoms with Gasteiger partial charge in [0.05, 0.1) is 15.6 Å². The van der Waals surface area contributed by atoms with Crippen molar-refractivity contribution < 1.29 is 5.11 Å². The zero-order valence-electron chi connectivity index (χ0n) is 13.8. The quantitative estimate of drug-likeness (QED) is 0.341. The summed E-state index contributed by atoms with van der Waals surface area (Å²) in [6, 6.07) is 20.1. The fraction of sp³-hybridized carbons (Fsp3) is 0. The lowest BCUT2D eigenvalue weighted by Gasteiger charge is -2.06. The standard InChI is InChI=1S/C20H12Cl3N3O/c21-12-10-15(22)19(16(23)11-12)25-24-18-14-8-4-5-9-17(14)26(20(18)27)13-6-2-1-3-7-13/h1-11,27H. The summed E-state index contributed by atoms with van der Waals surface area (Å²) >= 11 is 18.3. The summed E-state index contributed by atoms with van der Waals surface area (Å²) < 4.78 is 1.72. The number of benzene rings is 3. The van der Waals surface area contributed by atoms with Crippen LogP contribution in [0.2, 0.25) is 15.1 Å². The number of aromatic hydroxyl groups is 1. The Morgan fingerprint density at radius 3 is 2.04 bits per heavy atom. The summed E-state index contributed by atoms with van der Waals surface area (Å²) in [5.74, 6) is -0.0210. The van der Waals surface area contributed by atoms with E-state index >= 15 is 0 Å². The van der Waals surface area contributed by atoms with Crippen molar-refractivity contribution in [3.8, 4) is 11.6 Å². The Morgan fingerprint density at radius 2 is 1.33 bits per heavy atom. The van der Waals surface area contributed by atoms with Gasteiger partial charge in [0, 0.05) is 16.1 Å². The van der Waals surface area contributed by atoms with Gasteiger partial charge in [-0.25, -0.2) is 0 Å². The highest BCUT2D eigenvalue weighted by molar-refractivity contribution is 6.41. The van der Waals surface area contributed by atoms with Gasteiger partial charge in [0.25, 0.3) is 0 Å². The number of halogens is 3. The molecule has 1 N–H and O–H groups in total. The molecular weight excluding hydrogens is 405 g/mol. The van der Waals surface area contributed by atoms with Crippen molar-refractivity contribution in [2.45, 2.75) is 0 Å². The maximum absolute atomic E-state index is 10.8. The molecule has 0 aliphatic carbocycles. The van der Waals surface area contributed by atoms with Gasteiger partial charge in [-0.2, -0.15) is 0 Å². The molecule has 0 aliphatic heterocycles. The number of hydrogen-bond acceptors (Lipinski definition) is 3. The van der Waals surface area contributed by atoms with Crippen molar-refractivity contribution in [1.29, 1.82) is 0 Å². The monoisotopic (exact) mass is 415 g/mol. The van der Waals surface area contributed by atoms with E-state index in [1.54, 1.807) is 4.57 Å². The molecule has 4 nitrogen and oxygen atoms in total. The maximum atomic E-state index is 10.8. The number of hydrogen-bond donors (Lipinski definition) is 1. The van der Waals surface area contributed by atoms with Crippen LogP contribution >= 0.6 is 34.8 Å². The van der Waals surface area contributed by atoms with Gasteiger partial charge in [-0.1, -0.05) is 71.2 Å². The van der Waals surface area contributed by atoms with Gasteiger partial charge in [-0.05, 0) is 30.3 Å². The molecule has 7 heteroatoms. The first-order chi connectivity index (χ1) is 13.1. The van der Waals surface area contributed by atoms with Crippen molar-refractivity contribution in [2.75, 3.05) is 0 Å². The molecule has 27 heavy (non-hydrogen) atoms. The zero-order valence-corrected chi connectivity index (χ0v) is 16.0. The molecule has 0 saturated heterocycles. The van der Waals surface area contributed by atoms with E-state index in [-0.39, 0.29) is 15.9 Å². The molecule has 0 amide bonds. The van der Waals surface area contributed by atoms with E-state index in [9.17, 15) is 5.11 Å². The predicted octanol–water partition coefficient (Wildman–Crippen LogP) is 7.71. The summed E-state index contributed by atoms with van der Waals surface area (Å²) in [5, 5.41) is 21.0. The molecule has 0 spiro atoms. The summed E-state index contributed by atoms with van der Waals surface area (Å²) in [6.45, 7) is 0. The van der Waals surface area contributed by atoms with Crippen LogP contribution in [0.15, 0.2) is 77.0 Å². The first-order valence-corrected chi connectivity index (χ1v) is 9.14. The highest BCUT2D eigenvalue weighted by atomic mass is 35.5. The van der Waals surface area contributed by atoms with Gasteiger partial charge in [0.1, 0.15) is 5.69 Å². The average molecular weight is 417 g/mol.